The second-order valence-corrected chi connectivity index (χ2v) is 5.32. The molecule has 0 unspecified atom stereocenters. The van der Waals surface area contributed by atoms with Gasteiger partial charge in [0.15, 0.2) is 0 Å². The zero-order chi connectivity index (χ0) is 17.5. The Bertz CT molecular complexity index is 715. The molecule has 2 aromatic carbocycles. The van der Waals surface area contributed by atoms with Gasteiger partial charge in [-0.2, -0.15) is 0 Å². The van der Waals surface area contributed by atoms with Crippen LogP contribution in [0.1, 0.15) is 11.1 Å². The van der Waals surface area contributed by atoms with Gasteiger partial charge in [0, 0.05) is 6.42 Å². The van der Waals surface area contributed by atoms with Crippen LogP contribution in [0.5, 0.6) is 5.75 Å². The lowest BCUT2D eigenvalue weighted by atomic mass is 10.0. The molecule has 0 aromatic heterocycles. The summed E-state index contributed by atoms with van der Waals surface area (Å²) in [6.07, 6.45) is 0.129. The number of hydrogen-bond acceptors (Lipinski definition) is 3. The Balaban J connectivity index is 2.00. The monoisotopic (exact) mass is 331 g/mol. The van der Waals surface area contributed by atoms with E-state index in [-0.39, 0.29) is 18.7 Å². The highest BCUT2D eigenvalue weighted by Crippen LogP contribution is 2.14. The van der Waals surface area contributed by atoms with Crippen molar-refractivity contribution >= 4 is 11.9 Å². The normalized spacial score (nSPS) is 11.6. The van der Waals surface area contributed by atoms with E-state index in [4.69, 9.17) is 4.74 Å². The molecule has 24 heavy (non-hydrogen) atoms. The van der Waals surface area contributed by atoms with Crippen LogP contribution in [-0.2, 0) is 22.4 Å². The van der Waals surface area contributed by atoms with Crippen molar-refractivity contribution in [1.82, 2.24) is 5.32 Å². The van der Waals surface area contributed by atoms with Crippen molar-refractivity contribution in [2.45, 2.75) is 18.9 Å². The maximum absolute atomic E-state index is 12.9. The predicted molar refractivity (Wildman–Crippen MR) is 86.4 cm³/mol. The minimum absolute atomic E-state index is 0.0117. The number of carbonyl (C=O) groups is 2. The quantitative estimate of drug-likeness (QED) is 0.815. The van der Waals surface area contributed by atoms with E-state index in [1.807, 2.05) is 0 Å². The number of carbonyl (C=O) groups excluding carboxylic acids is 1. The molecule has 0 aliphatic carbocycles. The van der Waals surface area contributed by atoms with Crippen LogP contribution in [0.15, 0.2) is 48.5 Å². The molecule has 2 rings (SSSR count). The topological polar surface area (TPSA) is 75.6 Å². The van der Waals surface area contributed by atoms with Crippen LogP contribution in [0.2, 0.25) is 0 Å². The number of carboxylic acids is 1. The van der Waals surface area contributed by atoms with E-state index in [1.54, 1.807) is 24.3 Å². The van der Waals surface area contributed by atoms with E-state index in [1.165, 1.54) is 31.4 Å². The molecule has 2 aromatic rings. The zero-order valence-corrected chi connectivity index (χ0v) is 13.2. The molecule has 1 atom stereocenters. The first-order valence-electron chi connectivity index (χ1n) is 7.37. The highest BCUT2D eigenvalue weighted by atomic mass is 19.1. The molecule has 126 valence electrons. The molecule has 0 saturated carbocycles. The Kier molecular flexibility index (Phi) is 5.89. The fourth-order valence-electron chi connectivity index (χ4n) is 2.27. The Labute approximate surface area is 139 Å². The molecule has 6 heteroatoms. The van der Waals surface area contributed by atoms with E-state index in [0.29, 0.717) is 11.3 Å². The maximum Gasteiger partial charge on any atom is 0.326 e. The van der Waals surface area contributed by atoms with Gasteiger partial charge in [0.25, 0.3) is 0 Å². The molecular weight excluding hydrogens is 313 g/mol. The smallest absolute Gasteiger partial charge is 0.326 e. The molecule has 1 amide bonds. The highest BCUT2D eigenvalue weighted by molar-refractivity contribution is 5.85. The number of benzene rings is 2. The molecule has 0 fully saturated rings. The molecule has 0 aliphatic rings. The first-order chi connectivity index (χ1) is 11.5. The maximum atomic E-state index is 12.9. The molecule has 0 spiro atoms. The van der Waals surface area contributed by atoms with Crippen molar-refractivity contribution in [3.8, 4) is 5.75 Å². The number of carboxylic acid groups (broad SMARTS) is 1. The van der Waals surface area contributed by atoms with Crippen molar-refractivity contribution in [1.29, 1.82) is 0 Å². The molecule has 0 bridgehead atoms. The summed E-state index contributed by atoms with van der Waals surface area (Å²) in [6, 6.07) is 11.5. The van der Waals surface area contributed by atoms with Crippen molar-refractivity contribution in [2.75, 3.05) is 7.11 Å². The molecule has 0 radical (unpaired) electrons. The molecule has 0 heterocycles. The largest absolute Gasteiger partial charge is 0.497 e. The van der Waals surface area contributed by atoms with Crippen LogP contribution < -0.4 is 10.1 Å². The third-order valence-electron chi connectivity index (χ3n) is 3.49. The Morgan fingerprint density at radius 2 is 1.88 bits per heavy atom. The number of nitrogens with one attached hydrogen (secondary N) is 1. The summed E-state index contributed by atoms with van der Waals surface area (Å²) in [5, 5.41) is 11.8. The van der Waals surface area contributed by atoms with Crippen molar-refractivity contribution in [3.05, 3.63) is 65.5 Å². The fourth-order valence-corrected chi connectivity index (χ4v) is 2.27. The minimum Gasteiger partial charge on any atom is -0.497 e. The second kappa shape index (κ2) is 8.10. The van der Waals surface area contributed by atoms with E-state index < -0.39 is 17.9 Å². The van der Waals surface area contributed by atoms with Gasteiger partial charge in [0.1, 0.15) is 17.6 Å². The SMILES string of the molecule is COc1cccc(C[C@@H](NC(=O)Cc2ccc(F)cc2)C(=O)O)c1. The molecular formula is C18H18FNO4. The highest BCUT2D eigenvalue weighted by Gasteiger charge is 2.20. The van der Waals surface area contributed by atoms with Gasteiger partial charge in [-0.15, -0.1) is 0 Å². The average Bonchev–Trinajstić information content (AvgIpc) is 2.56. The van der Waals surface area contributed by atoms with Crippen LogP contribution >= 0.6 is 0 Å². The summed E-state index contributed by atoms with van der Waals surface area (Å²) in [4.78, 5) is 23.4. The van der Waals surface area contributed by atoms with Crippen LogP contribution in [0.3, 0.4) is 0 Å². The minimum atomic E-state index is -1.12. The van der Waals surface area contributed by atoms with E-state index >= 15 is 0 Å². The Morgan fingerprint density at radius 3 is 2.50 bits per heavy atom. The van der Waals surface area contributed by atoms with E-state index in [9.17, 15) is 19.1 Å². The van der Waals surface area contributed by atoms with Crippen LogP contribution in [-0.4, -0.2) is 30.1 Å². The second-order valence-electron chi connectivity index (χ2n) is 5.32. The lowest BCUT2D eigenvalue weighted by Crippen LogP contribution is -2.43. The number of rotatable bonds is 7. The number of ether oxygens (including phenoxy) is 1. The summed E-state index contributed by atoms with van der Waals surface area (Å²) in [5.41, 5.74) is 1.35. The Hall–Kier alpha value is -2.89. The summed E-state index contributed by atoms with van der Waals surface area (Å²) in [6.45, 7) is 0. The number of aliphatic carboxylic acids is 1. The van der Waals surface area contributed by atoms with Crippen LogP contribution in [0, 0.1) is 5.82 Å². The number of hydrogen-bond donors (Lipinski definition) is 2. The van der Waals surface area contributed by atoms with E-state index in [2.05, 4.69) is 5.32 Å². The fraction of sp³-hybridized carbons (Fsp3) is 0.222. The van der Waals surface area contributed by atoms with E-state index in [0.717, 1.165) is 5.56 Å². The third-order valence-corrected chi connectivity index (χ3v) is 3.49. The third kappa shape index (κ3) is 5.08. The summed E-state index contributed by atoms with van der Waals surface area (Å²) in [5.74, 6) is -1.32. The zero-order valence-electron chi connectivity index (χ0n) is 13.2. The van der Waals surface area contributed by atoms with Crippen molar-refractivity contribution < 1.29 is 23.8 Å². The van der Waals surface area contributed by atoms with Gasteiger partial charge < -0.3 is 15.2 Å². The van der Waals surface area contributed by atoms with Gasteiger partial charge in [0.05, 0.1) is 13.5 Å². The van der Waals surface area contributed by atoms with Gasteiger partial charge in [-0.3, -0.25) is 4.79 Å². The van der Waals surface area contributed by atoms with Crippen LogP contribution in [0.4, 0.5) is 4.39 Å². The molecule has 2 N–H and O–H groups in total. The lowest BCUT2D eigenvalue weighted by molar-refractivity contribution is -0.141. The average molecular weight is 331 g/mol. The van der Waals surface area contributed by atoms with Gasteiger partial charge >= 0.3 is 5.97 Å². The van der Waals surface area contributed by atoms with Crippen molar-refractivity contribution in [2.24, 2.45) is 0 Å². The summed E-state index contributed by atoms with van der Waals surface area (Å²) >= 11 is 0. The standard InChI is InChI=1S/C18H18FNO4/c1-24-15-4-2-3-13(9-15)10-16(18(22)23)20-17(21)11-12-5-7-14(19)8-6-12/h2-9,16H,10-11H2,1H3,(H,20,21)(H,22,23)/t16-/m1/s1. The number of halogens is 1. The first-order valence-corrected chi connectivity index (χ1v) is 7.37. The van der Waals surface area contributed by atoms with Crippen LogP contribution in [0.25, 0.3) is 0 Å². The van der Waals surface area contributed by atoms with Gasteiger partial charge in [-0.05, 0) is 35.4 Å². The Morgan fingerprint density at radius 1 is 1.17 bits per heavy atom. The summed E-state index contributed by atoms with van der Waals surface area (Å²) in [7, 11) is 1.53. The molecule has 0 saturated heterocycles. The van der Waals surface area contributed by atoms with Gasteiger partial charge in [0.2, 0.25) is 5.91 Å². The first kappa shape index (κ1) is 17.5. The number of methoxy groups -OCH3 is 1. The van der Waals surface area contributed by atoms with Gasteiger partial charge in [-0.25, -0.2) is 9.18 Å². The molecule has 5 nitrogen and oxygen atoms in total. The lowest BCUT2D eigenvalue weighted by Gasteiger charge is -2.15. The molecule has 0 aliphatic heterocycles. The predicted octanol–water partition coefficient (Wildman–Crippen LogP) is 2.19. The number of amides is 1. The van der Waals surface area contributed by atoms with Gasteiger partial charge in [-0.1, -0.05) is 24.3 Å². The van der Waals surface area contributed by atoms with Crippen molar-refractivity contribution in [3.63, 3.8) is 0 Å². The summed E-state index contributed by atoms with van der Waals surface area (Å²) < 4.78 is 18.0.